The Balaban J connectivity index is 3.08. The Morgan fingerprint density at radius 1 is 1.35 bits per heavy atom. The molecule has 1 aromatic carbocycles. The van der Waals surface area contributed by atoms with Gasteiger partial charge in [-0.15, -0.1) is 0 Å². The lowest BCUT2D eigenvalue weighted by atomic mass is 9.97. The SMILES string of the molecule is CCCC(OC)C(NN)c1ccc(C(F)(F)F)c(F)c1. The molecule has 0 amide bonds. The summed E-state index contributed by atoms with van der Waals surface area (Å²) in [5.41, 5.74) is 1.49. The van der Waals surface area contributed by atoms with Crippen LogP contribution in [0.15, 0.2) is 18.2 Å². The predicted molar refractivity (Wildman–Crippen MR) is 67.2 cm³/mol. The second-order valence-electron chi connectivity index (χ2n) is 4.44. The average Bonchev–Trinajstić information content (AvgIpc) is 2.37. The molecule has 0 saturated heterocycles. The molecule has 0 aliphatic rings. The maximum atomic E-state index is 13.6. The molecule has 7 heteroatoms. The third kappa shape index (κ3) is 3.91. The van der Waals surface area contributed by atoms with Crippen molar-refractivity contribution in [3.05, 3.63) is 35.1 Å². The maximum absolute atomic E-state index is 13.6. The van der Waals surface area contributed by atoms with Gasteiger partial charge in [0.25, 0.3) is 0 Å². The van der Waals surface area contributed by atoms with E-state index < -0.39 is 23.6 Å². The minimum atomic E-state index is -4.71. The van der Waals surface area contributed by atoms with Gasteiger partial charge in [-0.2, -0.15) is 13.2 Å². The van der Waals surface area contributed by atoms with Gasteiger partial charge in [0, 0.05) is 7.11 Å². The summed E-state index contributed by atoms with van der Waals surface area (Å²) in [4.78, 5) is 0. The second-order valence-corrected chi connectivity index (χ2v) is 4.44. The number of alkyl halides is 3. The van der Waals surface area contributed by atoms with E-state index >= 15 is 0 Å². The van der Waals surface area contributed by atoms with Crippen LogP contribution >= 0.6 is 0 Å². The Bertz CT molecular complexity index is 437. The molecule has 3 N–H and O–H groups in total. The van der Waals surface area contributed by atoms with Gasteiger partial charge in [0.2, 0.25) is 0 Å². The molecule has 1 rings (SSSR count). The highest BCUT2D eigenvalue weighted by Gasteiger charge is 2.34. The van der Waals surface area contributed by atoms with E-state index in [9.17, 15) is 17.6 Å². The number of rotatable bonds is 6. The van der Waals surface area contributed by atoms with E-state index in [-0.39, 0.29) is 6.10 Å². The molecule has 0 saturated carbocycles. The summed E-state index contributed by atoms with van der Waals surface area (Å²) in [6.45, 7) is 1.94. The number of benzene rings is 1. The van der Waals surface area contributed by atoms with E-state index in [4.69, 9.17) is 10.6 Å². The summed E-state index contributed by atoms with van der Waals surface area (Å²) < 4.78 is 56.3. The van der Waals surface area contributed by atoms with Gasteiger partial charge in [-0.1, -0.05) is 19.4 Å². The topological polar surface area (TPSA) is 47.3 Å². The van der Waals surface area contributed by atoms with E-state index in [1.165, 1.54) is 13.2 Å². The number of nitrogens with one attached hydrogen (secondary N) is 1. The fourth-order valence-corrected chi connectivity index (χ4v) is 2.08. The van der Waals surface area contributed by atoms with Crippen LogP contribution in [0.2, 0.25) is 0 Å². The van der Waals surface area contributed by atoms with Crippen LogP contribution in [-0.2, 0) is 10.9 Å². The lowest BCUT2D eigenvalue weighted by Gasteiger charge is -2.26. The molecular formula is C13H18F4N2O. The molecule has 0 aliphatic carbocycles. The van der Waals surface area contributed by atoms with Crippen LogP contribution < -0.4 is 11.3 Å². The standard InChI is InChI=1S/C13H18F4N2O/c1-3-4-11(20-2)12(19-18)8-5-6-9(10(14)7-8)13(15,16)17/h5-7,11-12,19H,3-4,18H2,1-2H3. The molecule has 0 aliphatic heterocycles. The van der Waals surface area contributed by atoms with Crippen LogP contribution in [0.5, 0.6) is 0 Å². The van der Waals surface area contributed by atoms with Crippen molar-refractivity contribution in [3.63, 3.8) is 0 Å². The molecule has 0 bridgehead atoms. The number of ether oxygens (including phenoxy) is 1. The summed E-state index contributed by atoms with van der Waals surface area (Å²) >= 11 is 0. The van der Waals surface area contributed by atoms with E-state index in [2.05, 4.69) is 5.43 Å². The third-order valence-electron chi connectivity index (χ3n) is 3.08. The van der Waals surface area contributed by atoms with E-state index in [0.717, 1.165) is 12.5 Å². The van der Waals surface area contributed by atoms with E-state index in [1.807, 2.05) is 6.92 Å². The number of nitrogens with two attached hydrogens (primary N) is 1. The van der Waals surface area contributed by atoms with Crippen LogP contribution in [0, 0.1) is 5.82 Å². The Labute approximate surface area is 115 Å². The minimum absolute atomic E-state index is 0.318. The average molecular weight is 294 g/mol. The minimum Gasteiger partial charge on any atom is -0.379 e. The monoisotopic (exact) mass is 294 g/mol. The van der Waals surface area contributed by atoms with Gasteiger partial charge in [-0.05, 0) is 24.1 Å². The Morgan fingerprint density at radius 2 is 2.00 bits per heavy atom. The van der Waals surface area contributed by atoms with Crippen LogP contribution in [0.25, 0.3) is 0 Å². The van der Waals surface area contributed by atoms with E-state index in [0.29, 0.717) is 18.1 Å². The highest BCUT2D eigenvalue weighted by Crippen LogP contribution is 2.33. The second kappa shape index (κ2) is 7.01. The molecule has 0 spiro atoms. The third-order valence-corrected chi connectivity index (χ3v) is 3.08. The van der Waals surface area contributed by atoms with Crippen LogP contribution in [0.3, 0.4) is 0 Å². The molecule has 114 valence electrons. The Kier molecular flexibility index (Phi) is 5.91. The lowest BCUT2D eigenvalue weighted by molar-refractivity contribution is -0.140. The van der Waals surface area contributed by atoms with Gasteiger partial charge in [-0.25, -0.2) is 4.39 Å². The van der Waals surface area contributed by atoms with Gasteiger partial charge in [0.15, 0.2) is 0 Å². The van der Waals surface area contributed by atoms with Crippen molar-refractivity contribution in [2.75, 3.05) is 7.11 Å². The maximum Gasteiger partial charge on any atom is 0.419 e. The molecule has 0 fully saturated rings. The first-order valence-electron chi connectivity index (χ1n) is 6.20. The van der Waals surface area contributed by atoms with Gasteiger partial charge in [-0.3, -0.25) is 11.3 Å². The zero-order valence-electron chi connectivity index (χ0n) is 11.3. The molecule has 1 aromatic rings. The molecule has 3 nitrogen and oxygen atoms in total. The fraction of sp³-hybridized carbons (Fsp3) is 0.538. The van der Waals surface area contributed by atoms with Gasteiger partial charge in [0.05, 0.1) is 17.7 Å². The molecule has 0 radical (unpaired) electrons. The summed E-state index contributed by atoms with van der Waals surface area (Å²) in [6, 6.07) is 2.19. The first kappa shape index (κ1) is 16.9. The lowest BCUT2D eigenvalue weighted by Crippen LogP contribution is -2.37. The number of hydrogen-bond acceptors (Lipinski definition) is 3. The largest absolute Gasteiger partial charge is 0.419 e. The van der Waals surface area contributed by atoms with Crippen LogP contribution in [0.1, 0.15) is 36.9 Å². The zero-order chi connectivity index (χ0) is 15.3. The Morgan fingerprint density at radius 3 is 2.40 bits per heavy atom. The highest BCUT2D eigenvalue weighted by atomic mass is 19.4. The quantitative estimate of drug-likeness (QED) is 0.481. The van der Waals surface area contributed by atoms with Crippen molar-refractivity contribution in [1.82, 2.24) is 5.43 Å². The zero-order valence-corrected chi connectivity index (χ0v) is 11.3. The molecule has 20 heavy (non-hydrogen) atoms. The van der Waals surface area contributed by atoms with Crippen LogP contribution in [-0.4, -0.2) is 13.2 Å². The summed E-state index contributed by atoms with van der Waals surface area (Å²) in [5.74, 6) is 4.09. The van der Waals surface area contributed by atoms with Gasteiger partial charge >= 0.3 is 6.18 Å². The molecule has 2 unspecified atom stereocenters. The first-order chi connectivity index (χ1) is 9.35. The summed E-state index contributed by atoms with van der Waals surface area (Å²) in [7, 11) is 1.48. The van der Waals surface area contributed by atoms with Gasteiger partial charge in [0.1, 0.15) is 5.82 Å². The number of methoxy groups -OCH3 is 1. The first-order valence-corrected chi connectivity index (χ1v) is 6.20. The summed E-state index contributed by atoms with van der Waals surface area (Å²) in [6.07, 6.45) is -3.60. The predicted octanol–water partition coefficient (Wildman–Crippen LogP) is 3.16. The van der Waals surface area contributed by atoms with Crippen molar-refractivity contribution in [2.45, 2.75) is 38.1 Å². The van der Waals surface area contributed by atoms with Crippen molar-refractivity contribution < 1.29 is 22.3 Å². The molecule has 0 aromatic heterocycles. The molecular weight excluding hydrogens is 276 g/mol. The number of hydrazine groups is 1. The Hall–Kier alpha value is -1.18. The van der Waals surface area contributed by atoms with E-state index in [1.54, 1.807) is 0 Å². The fourth-order valence-electron chi connectivity index (χ4n) is 2.08. The van der Waals surface area contributed by atoms with Crippen molar-refractivity contribution in [2.24, 2.45) is 5.84 Å². The van der Waals surface area contributed by atoms with Crippen molar-refractivity contribution in [1.29, 1.82) is 0 Å². The van der Waals surface area contributed by atoms with Gasteiger partial charge < -0.3 is 4.74 Å². The molecule has 0 heterocycles. The summed E-state index contributed by atoms with van der Waals surface area (Å²) in [5, 5.41) is 0. The number of halogens is 4. The number of hydrogen-bond donors (Lipinski definition) is 2. The van der Waals surface area contributed by atoms with Crippen molar-refractivity contribution >= 4 is 0 Å². The van der Waals surface area contributed by atoms with Crippen LogP contribution in [0.4, 0.5) is 17.6 Å². The smallest absolute Gasteiger partial charge is 0.379 e. The highest BCUT2D eigenvalue weighted by molar-refractivity contribution is 5.29. The van der Waals surface area contributed by atoms with Crippen molar-refractivity contribution in [3.8, 4) is 0 Å². The normalized spacial score (nSPS) is 15.2. The molecule has 2 atom stereocenters.